The Morgan fingerprint density at radius 3 is 2.15 bits per heavy atom. The first kappa shape index (κ1) is 33.4. The molecule has 1 aliphatic carbocycles. The number of benzene rings is 2. The molecule has 0 N–H and O–H groups in total. The first-order valence-electron chi connectivity index (χ1n) is 15.5. The maximum absolute atomic E-state index is 13.6. The lowest BCUT2D eigenvalue weighted by atomic mass is 9.71. The zero-order valence-electron chi connectivity index (χ0n) is 26.3. The van der Waals surface area contributed by atoms with Crippen LogP contribution in [-0.4, -0.2) is 55.3 Å². The van der Waals surface area contributed by atoms with Crippen LogP contribution < -0.4 is 9.64 Å². The van der Waals surface area contributed by atoms with Gasteiger partial charge in [-0.15, -0.1) is 0 Å². The fraction of sp³-hybridized carbons (Fsp3) is 0.441. The van der Waals surface area contributed by atoms with Crippen LogP contribution in [-0.2, 0) is 33.2 Å². The number of nitrogens with zero attached hydrogens (tertiary/aromatic N) is 3. The third-order valence-corrected chi connectivity index (χ3v) is 9.45. The summed E-state index contributed by atoms with van der Waals surface area (Å²) in [6.07, 6.45) is -10.2. The first-order chi connectivity index (χ1) is 22.7. The van der Waals surface area contributed by atoms with Crippen molar-refractivity contribution in [3.05, 3.63) is 76.5 Å². The van der Waals surface area contributed by atoms with Crippen LogP contribution in [0, 0.1) is 5.92 Å². The number of esters is 1. The fourth-order valence-electron chi connectivity index (χ4n) is 6.48. The van der Waals surface area contributed by atoms with E-state index in [9.17, 15) is 35.9 Å². The number of amides is 1. The molecule has 2 saturated heterocycles. The number of rotatable bonds is 8. The molecular formula is C34H33F6N3O5. The van der Waals surface area contributed by atoms with Gasteiger partial charge in [-0.05, 0) is 85.7 Å². The van der Waals surface area contributed by atoms with Gasteiger partial charge >= 0.3 is 24.4 Å². The number of hydrogen-bond acceptors (Lipinski definition) is 7. The second kappa shape index (κ2) is 12.5. The van der Waals surface area contributed by atoms with Crippen LogP contribution in [0.2, 0.25) is 0 Å². The van der Waals surface area contributed by atoms with Gasteiger partial charge in [0, 0.05) is 24.2 Å². The minimum Gasteiger partial charge on any atom is -0.496 e. The van der Waals surface area contributed by atoms with Crippen molar-refractivity contribution in [1.82, 2.24) is 9.88 Å². The van der Waals surface area contributed by atoms with Crippen LogP contribution in [0.1, 0.15) is 66.2 Å². The van der Waals surface area contributed by atoms with Gasteiger partial charge in [-0.25, -0.2) is 9.78 Å². The Kier molecular flexibility index (Phi) is 8.71. The standard InChI is InChI=1S/C34H33F6N3O5/c1-18-30(21-13-23(33(35,36)37)16-24(14-21)34(38,39)40)48-32(45)43(18)17-27-25(6-8-29(41-27)42-9-4-10-42)26-15-19(5-7-28(26)46-2)20-11-22(12-20)31(44)47-3/h5-8,13-16,18,20,22,30H,4,9-12,17H2,1-3H3. The fourth-order valence-corrected chi connectivity index (χ4v) is 6.48. The molecule has 6 rings (SSSR count). The first-order valence-corrected chi connectivity index (χ1v) is 15.5. The third kappa shape index (κ3) is 6.36. The van der Waals surface area contributed by atoms with Crippen molar-refractivity contribution in [1.29, 1.82) is 0 Å². The van der Waals surface area contributed by atoms with Gasteiger partial charge in [-0.1, -0.05) is 6.07 Å². The van der Waals surface area contributed by atoms with Gasteiger partial charge in [0.1, 0.15) is 17.7 Å². The molecule has 48 heavy (non-hydrogen) atoms. The number of aromatic nitrogens is 1. The molecule has 2 unspecified atom stereocenters. The predicted molar refractivity (Wildman–Crippen MR) is 161 cm³/mol. The smallest absolute Gasteiger partial charge is 0.416 e. The highest BCUT2D eigenvalue weighted by Crippen LogP contribution is 2.46. The van der Waals surface area contributed by atoms with E-state index < -0.39 is 47.3 Å². The van der Waals surface area contributed by atoms with Gasteiger partial charge in [-0.3, -0.25) is 9.69 Å². The average Bonchev–Trinajstić information content (AvgIpc) is 3.27. The predicted octanol–water partition coefficient (Wildman–Crippen LogP) is 7.75. The monoisotopic (exact) mass is 677 g/mol. The Hall–Kier alpha value is -4.49. The number of cyclic esters (lactones) is 1. The van der Waals surface area contributed by atoms with Gasteiger partial charge < -0.3 is 19.1 Å². The second-order valence-corrected chi connectivity index (χ2v) is 12.4. The summed E-state index contributed by atoms with van der Waals surface area (Å²) in [5.74, 6) is 0.871. The number of hydrogen-bond donors (Lipinski definition) is 0. The Balaban J connectivity index is 1.35. The summed E-state index contributed by atoms with van der Waals surface area (Å²) >= 11 is 0. The Labute approximate surface area is 272 Å². The Morgan fingerprint density at radius 1 is 0.917 bits per heavy atom. The Morgan fingerprint density at radius 2 is 1.58 bits per heavy atom. The molecule has 1 saturated carbocycles. The van der Waals surface area contributed by atoms with Gasteiger partial charge in [-0.2, -0.15) is 26.3 Å². The topological polar surface area (TPSA) is 81.2 Å². The lowest BCUT2D eigenvalue weighted by molar-refractivity contribution is -0.149. The zero-order chi connectivity index (χ0) is 34.5. The summed E-state index contributed by atoms with van der Waals surface area (Å²) in [7, 11) is 2.88. The van der Waals surface area contributed by atoms with Gasteiger partial charge in [0.05, 0.1) is 49.5 Å². The van der Waals surface area contributed by atoms with Gasteiger partial charge in [0.15, 0.2) is 0 Å². The summed E-state index contributed by atoms with van der Waals surface area (Å²) in [5.41, 5.74) is -0.665. The van der Waals surface area contributed by atoms with Crippen molar-refractivity contribution < 1.29 is 50.1 Å². The van der Waals surface area contributed by atoms with E-state index >= 15 is 0 Å². The highest BCUT2D eigenvalue weighted by atomic mass is 19.4. The molecule has 0 spiro atoms. The van der Waals surface area contributed by atoms with E-state index in [0.717, 1.165) is 25.1 Å². The number of anilines is 1. The molecule has 0 bridgehead atoms. The lowest BCUT2D eigenvalue weighted by Gasteiger charge is -2.34. The molecule has 1 amide bonds. The molecule has 3 fully saturated rings. The normalized spacial score (nSPS) is 22.6. The number of pyridine rings is 1. The number of halogens is 6. The summed E-state index contributed by atoms with van der Waals surface area (Å²) < 4.78 is 97.7. The number of alkyl halides is 6. The Bertz CT molecular complexity index is 1690. The van der Waals surface area contributed by atoms with E-state index in [1.165, 1.54) is 26.0 Å². The molecule has 2 aliphatic heterocycles. The maximum atomic E-state index is 13.6. The molecule has 0 radical (unpaired) electrons. The molecule has 3 aliphatic rings. The summed E-state index contributed by atoms with van der Waals surface area (Å²) in [6.45, 7) is 2.95. The maximum Gasteiger partial charge on any atom is 0.416 e. The van der Waals surface area contributed by atoms with Crippen LogP contribution in [0.4, 0.5) is 37.0 Å². The number of carbonyl (C=O) groups excluding carboxylic acids is 2. The summed E-state index contributed by atoms with van der Waals surface area (Å²) in [5, 5.41) is 0. The number of carbonyl (C=O) groups is 2. The quantitative estimate of drug-likeness (QED) is 0.178. The lowest BCUT2D eigenvalue weighted by Crippen LogP contribution is -2.38. The van der Waals surface area contributed by atoms with Crippen LogP contribution >= 0.6 is 0 Å². The summed E-state index contributed by atoms with van der Waals surface area (Å²) in [4.78, 5) is 33.4. The number of methoxy groups -OCH3 is 2. The molecule has 8 nitrogen and oxygen atoms in total. The van der Waals surface area contributed by atoms with Crippen molar-refractivity contribution >= 4 is 17.9 Å². The SMILES string of the molecule is COC(=O)C1CC(c2ccc(OC)c(-c3ccc(N4CCC4)nc3CN3C(=O)OC(c4cc(C(F)(F)F)cc(C(F)(F)F)c4)C3C)c2)C1. The average molecular weight is 678 g/mol. The van der Waals surface area contributed by atoms with Gasteiger partial charge in [0.25, 0.3) is 0 Å². The molecule has 3 heterocycles. The van der Waals surface area contributed by atoms with E-state index in [-0.39, 0.29) is 30.4 Å². The van der Waals surface area contributed by atoms with Crippen molar-refractivity contribution in [2.45, 2.75) is 63.1 Å². The zero-order valence-corrected chi connectivity index (χ0v) is 26.3. The molecule has 2 atom stereocenters. The molecule has 14 heteroatoms. The second-order valence-electron chi connectivity index (χ2n) is 12.4. The molecular weight excluding hydrogens is 644 g/mol. The van der Waals surface area contributed by atoms with Crippen molar-refractivity contribution in [2.75, 3.05) is 32.2 Å². The van der Waals surface area contributed by atoms with Crippen LogP contribution in [0.15, 0.2) is 48.5 Å². The van der Waals surface area contributed by atoms with Gasteiger partial charge in [0.2, 0.25) is 0 Å². The van der Waals surface area contributed by atoms with E-state index in [0.29, 0.717) is 53.4 Å². The molecule has 256 valence electrons. The van der Waals surface area contributed by atoms with E-state index in [1.54, 1.807) is 0 Å². The summed E-state index contributed by atoms with van der Waals surface area (Å²) in [6, 6.07) is 9.69. The highest BCUT2D eigenvalue weighted by Gasteiger charge is 2.44. The molecule has 3 aromatic rings. The van der Waals surface area contributed by atoms with E-state index in [4.69, 9.17) is 19.2 Å². The van der Waals surface area contributed by atoms with Crippen LogP contribution in [0.5, 0.6) is 5.75 Å². The van der Waals surface area contributed by atoms with Crippen molar-refractivity contribution in [2.24, 2.45) is 5.92 Å². The largest absolute Gasteiger partial charge is 0.496 e. The van der Waals surface area contributed by atoms with Crippen LogP contribution in [0.3, 0.4) is 0 Å². The number of ether oxygens (including phenoxy) is 3. The molecule has 1 aromatic heterocycles. The van der Waals surface area contributed by atoms with Crippen molar-refractivity contribution in [3.63, 3.8) is 0 Å². The van der Waals surface area contributed by atoms with Crippen molar-refractivity contribution in [3.8, 4) is 16.9 Å². The van der Waals surface area contributed by atoms with Crippen LogP contribution in [0.25, 0.3) is 11.1 Å². The minimum atomic E-state index is -5.05. The minimum absolute atomic E-state index is 0.0426. The molecule has 2 aromatic carbocycles. The van der Waals surface area contributed by atoms with E-state index in [1.807, 2.05) is 30.3 Å². The van der Waals surface area contributed by atoms with E-state index in [2.05, 4.69) is 4.90 Å². The highest BCUT2D eigenvalue weighted by molar-refractivity contribution is 5.77. The third-order valence-electron chi connectivity index (χ3n) is 9.45.